The fourth-order valence-corrected chi connectivity index (χ4v) is 1.95. The van der Waals surface area contributed by atoms with Gasteiger partial charge in [0.05, 0.1) is 0 Å². The molecule has 0 radical (unpaired) electrons. The molecule has 1 N–H and O–H groups in total. The molecule has 15 heavy (non-hydrogen) atoms. The molecule has 0 aromatic heterocycles. The molecule has 1 aromatic carbocycles. The summed E-state index contributed by atoms with van der Waals surface area (Å²) in [7, 11) is 0. The molecule has 0 bridgehead atoms. The summed E-state index contributed by atoms with van der Waals surface area (Å²) in [6.45, 7) is 0. The van der Waals surface area contributed by atoms with Crippen molar-refractivity contribution in [2.24, 2.45) is 0 Å². The van der Waals surface area contributed by atoms with E-state index >= 15 is 0 Å². The average Bonchev–Trinajstić information content (AvgIpc) is 2.29. The van der Waals surface area contributed by atoms with Gasteiger partial charge in [-0.2, -0.15) is 0 Å². The van der Waals surface area contributed by atoms with Gasteiger partial charge in [-0.15, -0.1) is 0 Å². The molecule has 0 saturated heterocycles. The van der Waals surface area contributed by atoms with Gasteiger partial charge in [0.15, 0.2) is 0 Å². The van der Waals surface area contributed by atoms with Crippen molar-refractivity contribution >= 4 is 12.0 Å². The smallest absolute Gasteiger partial charge is 0.247 e. The van der Waals surface area contributed by atoms with Crippen LogP contribution in [0.3, 0.4) is 0 Å². The van der Waals surface area contributed by atoms with Crippen LogP contribution < -0.4 is 5.32 Å². The Kier molecular flexibility index (Phi) is 1.65. The van der Waals surface area contributed by atoms with Crippen molar-refractivity contribution in [2.45, 2.75) is 6.17 Å². The van der Waals surface area contributed by atoms with Crippen molar-refractivity contribution in [3.63, 3.8) is 0 Å². The zero-order chi connectivity index (χ0) is 10.3. The largest absolute Gasteiger partial charge is 0.329 e. The lowest BCUT2D eigenvalue weighted by Gasteiger charge is -2.34. The molecular formula is C12H10N2O. The molecule has 3 heteroatoms. The highest BCUT2D eigenvalue weighted by molar-refractivity contribution is 5.89. The normalized spacial score (nSPS) is 22.0. The summed E-state index contributed by atoms with van der Waals surface area (Å²) in [4.78, 5) is 13.3. The molecule has 0 saturated carbocycles. The van der Waals surface area contributed by atoms with Gasteiger partial charge in [0.25, 0.3) is 0 Å². The number of nitrogens with one attached hydrogen (secondary N) is 1. The highest BCUT2D eigenvalue weighted by atomic mass is 16.1. The summed E-state index contributed by atoms with van der Waals surface area (Å²) in [5, 5.41) is 2.92. The van der Waals surface area contributed by atoms with Crippen LogP contribution in [0, 0.1) is 0 Å². The van der Waals surface area contributed by atoms with Crippen LogP contribution in [0.1, 0.15) is 17.3 Å². The summed E-state index contributed by atoms with van der Waals surface area (Å²) < 4.78 is 0. The molecule has 2 heterocycles. The van der Waals surface area contributed by atoms with Crippen LogP contribution in [-0.4, -0.2) is 10.8 Å². The van der Waals surface area contributed by atoms with Crippen LogP contribution in [0.5, 0.6) is 0 Å². The second-order valence-electron chi connectivity index (χ2n) is 3.62. The van der Waals surface area contributed by atoms with Crippen molar-refractivity contribution in [3.05, 3.63) is 53.9 Å². The molecule has 0 spiro atoms. The zero-order valence-electron chi connectivity index (χ0n) is 8.05. The van der Waals surface area contributed by atoms with Gasteiger partial charge in [0, 0.05) is 24.0 Å². The number of carbonyl (C=O) groups is 1. The van der Waals surface area contributed by atoms with Gasteiger partial charge >= 0.3 is 0 Å². The minimum Gasteiger partial charge on any atom is -0.329 e. The highest BCUT2D eigenvalue weighted by Crippen LogP contribution is 2.29. The van der Waals surface area contributed by atoms with Gasteiger partial charge in [-0.25, -0.2) is 0 Å². The SMILES string of the molecule is O=C1C=CN2C=Cc3ccccc3C2N1. The molecule has 1 unspecified atom stereocenters. The van der Waals surface area contributed by atoms with Crippen molar-refractivity contribution in [1.29, 1.82) is 0 Å². The number of hydrogen-bond acceptors (Lipinski definition) is 2. The second-order valence-corrected chi connectivity index (χ2v) is 3.62. The maximum Gasteiger partial charge on any atom is 0.247 e. The average molecular weight is 198 g/mol. The quantitative estimate of drug-likeness (QED) is 0.687. The Bertz CT molecular complexity index is 476. The lowest BCUT2D eigenvalue weighted by Crippen LogP contribution is -2.40. The number of hydrogen-bond donors (Lipinski definition) is 1. The van der Waals surface area contributed by atoms with E-state index in [1.54, 1.807) is 6.20 Å². The Balaban J connectivity index is 2.11. The van der Waals surface area contributed by atoms with Crippen LogP contribution in [0.15, 0.2) is 42.7 Å². The molecule has 2 aliphatic heterocycles. The minimum atomic E-state index is -0.0521. The van der Waals surface area contributed by atoms with Gasteiger partial charge in [0.2, 0.25) is 5.91 Å². The molecule has 3 nitrogen and oxygen atoms in total. The van der Waals surface area contributed by atoms with E-state index in [0.29, 0.717) is 0 Å². The van der Waals surface area contributed by atoms with E-state index in [1.165, 1.54) is 6.08 Å². The summed E-state index contributed by atoms with van der Waals surface area (Å²) in [5.74, 6) is -0.0404. The van der Waals surface area contributed by atoms with E-state index in [1.807, 2.05) is 41.4 Å². The van der Waals surface area contributed by atoms with Gasteiger partial charge in [-0.3, -0.25) is 4.79 Å². The first-order valence-corrected chi connectivity index (χ1v) is 4.88. The van der Waals surface area contributed by atoms with E-state index in [0.717, 1.165) is 11.1 Å². The number of fused-ring (bicyclic) bond motifs is 3. The Hall–Kier alpha value is -2.03. The highest BCUT2D eigenvalue weighted by Gasteiger charge is 2.25. The van der Waals surface area contributed by atoms with E-state index in [4.69, 9.17) is 0 Å². The lowest BCUT2D eigenvalue weighted by atomic mass is 10.0. The molecule has 2 aliphatic rings. The summed E-state index contributed by atoms with van der Waals surface area (Å²) >= 11 is 0. The minimum absolute atomic E-state index is 0.0404. The zero-order valence-corrected chi connectivity index (χ0v) is 8.05. The topological polar surface area (TPSA) is 32.3 Å². The summed E-state index contributed by atoms with van der Waals surface area (Å²) in [6, 6.07) is 8.07. The lowest BCUT2D eigenvalue weighted by molar-refractivity contribution is -0.118. The number of rotatable bonds is 0. The maximum atomic E-state index is 11.3. The number of benzene rings is 1. The van der Waals surface area contributed by atoms with Crippen LogP contribution in [0.4, 0.5) is 0 Å². The molecule has 1 aromatic rings. The van der Waals surface area contributed by atoms with E-state index < -0.39 is 0 Å². The van der Waals surface area contributed by atoms with Crippen molar-refractivity contribution < 1.29 is 4.79 Å². The third kappa shape index (κ3) is 1.24. The Morgan fingerprint density at radius 3 is 2.87 bits per heavy atom. The van der Waals surface area contributed by atoms with Crippen LogP contribution >= 0.6 is 0 Å². The van der Waals surface area contributed by atoms with Gasteiger partial charge < -0.3 is 10.2 Å². The number of amides is 1. The van der Waals surface area contributed by atoms with Crippen LogP contribution in [0.2, 0.25) is 0 Å². The van der Waals surface area contributed by atoms with Crippen molar-refractivity contribution in [1.82, 2.24) is 10.2 Å². The number of nitrogens with zero attached hydrogens (tertiary/aromatic N) is 1. The fourth-order valence-electron chi connectivity index (χ4n) is 1.95. The first-order valence-electron chi connectivity index (χ1n) is 4.88. The standard InChI is InChI=1S/C12H10N2O/c15-11-6-8-14-7-5-9-3-1-2-4-10(9)12(14)13-11/h1-8,12H,(H,13,15). The number of carbonyl (C=O) groups excluding carboxylic acids is 1. The van der Waals surface area contributed by atoms with Crippen LogP contribution in [0.25, 0.3) is 6.08 Å². The summed E-state index contributed by atoms with van der Waals surface area (Å²) in [6.07, 6.45) is 7.31. The van der Waals surface area contributed by atoms with E-state index in [9.17, 15) is 4.79 Å². The predicted octanol–water partition coefficient (Wildman–Crippen LogP) is 1.61. The Morgan fingerprint density at radius 1 is 1.13 bits per heavy atom. The second kappa shape index (κ2) is 2.98. The molecule has 1 atom stereocenters. The first-order chi connectivity index (χ1) is 7.34. The first kappa shape index (κ1) is 8.29. The molecule has 0 aliphatic carbocycles. The Morgan fingerprint density at radius 2 is 1.93 bits per heavy atom. The summed E-state index contributed by atoms with van der Waals surface area (Å²) in [5.41, 5.74) is 2.30. The Labute approximate surface area is 87.7 Å². The van der Waals surface area contributed by atoms with Gasteiger partial charge in [-0.1, -0.05) is 24.3 Å². The molecule has 74 valence electrons. The third-order valence-electron chi connectivity index (χ3n) is 2.69. The molecular weight excluding hydrogens is 188 g/mol. The fraction of sp³-hybridized carbons (Fsp3) is 0.0833. The third-order valence-corrected chi connectivity index (χ3v) is 2.69. The van der Waals surface area contributed by atoms with Gasteiger partial charge in [0.1, 0.15) is 6.17 Å². The molecule has 1 amide bonds. The van der Waals surface area contributed by atoms with Crippen LogP contribution in [-0.2, 0) is 4.79 Å². The molecule has 3 rings (SSSR count). The maximum absolute atomic E-state index is 11.3. The van der Waals surface area contributed by atoms with Crippen molar-refractivity contribution in [2.75, 3.05) is 0 Å². The monoisotopic (exact) mass is 198 g/mol. The van der Waals surface area contributed by atoms with E-state index in [-0.39, 0.29) is 12.1 Å². The molecule has 0 fully saturated rings. The van der Waals surface area contributed by atoms with Gasteiger partial charge in [-0.05, 0) is 11.6 Å². The predicted molar refractivity (Wildman–Crippen MR) is 57.3 cm³/mol. The van der Waals surface area contributed by atoms with E-state index in [2.05, 4.69) is 5.32 Å². The van der Waals surface area contributed by atoms with Crippen molar-refractivity contribution in [3.8, 4) is 0 Å².